The molecule has 0 aliphatic carbocycles. The number of para-hydroxylation sites is 1. The Hall–Kier alpha value is -2.49. The Bertz CT molecular complexity index is 708. The monoisotopic (exact) mass is 313 g/mol. The van der Waals surface area contributed by atoms with E-state index < -0.39 is 0 Å². The van der Waals surface area contributed by atoms with Gasteiger partial charge in [0.15, 0.2) is 0 Å². The minimum atomic E-state index is -0.358. The van der Waals surface area contributed by atoms with Crippen LogP contribution in [0.15, 0.2) is 42.5 Å². The third-order valence-electron chi connectivity index (χ3n) is 4.15. The van der Waals surface area contributed by atoms with Crippen molar-refractivity contribution in [1.29, 1.82) is 0 Å². The first-order valence-corrected chi connectivity index (χ1v) is 7.49. The van der Waals surface area contributed by atoms with Gasteiger partial charge in [-0.25, -0.2) is 0 Å². The zero-order valence-electron chi connectivity index (χ0n) is 14.1. The molecule has 0 bridgehead atoms. The summed E-state index contributed by atoms with van der Waals surface area (Å²) >= 11 is 0. The zero-order valence-corrected chi connectivity index (χ0v) is 14.1. The van der Waals surface area contributed by atoms with E-state index >= 15 is 0 Å². The van der Waals surface area contributed by atoms with E-state index in [0.29, 0.717) is 0 Å². The summed E-state index contributed by atoms with van der Waals surface area (Å²) < 4.78 is 10.3. The van der Waals surface area contributed by atoms with Crippen LogP contribution in [-0.2, 0) is 21.4 Å². The maximum atomic E-state index is 11.5. The first-order chi connectivity index (χ1) is 10.9. The Balaban J connectivity index is 2.53. The van der Waals surface area contributed by atoms with Crippen molar-refractivity contribution in [2.24, 2.45) is 0 Å². The quantitative estimate of drug-likeness (QED) is 0.679. The van der Waals surface area contributed by atoms with Gasteiger partial charge in [0.25, 0.3) is 0 Å². The average Bonchev–Trinajstić information content (AvgIpc) is 2.54. The fourth-order valence-electron chi connectivity index (χ4n) is 2.80. The summed E-state index contributed by atoms with van der Waals surface area (Å²) in [6, 6.07) is 13.5. The topological polar surface area (TPSA) is 61.5 Å². The largest absolute Gasteiger partial charge is 0.496 e. The van der Waals surface area contributed by atoms with Gasteiger partial charge < -0.3 is 15.2 Å². The molecule has 0 fully saturated rings. The van der Waals surface area contributed by atoms with Crippen LogP contribution >= 0.6 is 0 Å². The van der Waals surface area contributed by atoms with Crippen LogP contribution in [0.25, 0.3) is 0 Å². The van der Waals surface area contributed by atoms with Crippen LogP contribution in [0.3, 0.4) is 0 Å². The van der Waals surface area contributed by atoms with E-state index in [9.17, 15) is 4.79 Å². The molecule has 0 aliphatic rings. The molecule has 2 N–H and O–H groups in total. The van der Waals surface area contributed by atoms with Crippen molar-refractivity contribution in [3.8, 4) is 5.75 Å². The third kappa shape index (κ3) is 3.47. The van der Waals surface area contributed by atoms with E-state index in [2.05, 4.69) is 13.8 Å². The molecule has 4 heteroatoms. The van der Waals surface area contributed by atoms with E-state index in [1.807, 2.05) is 42.5 Å². The number of methoxy groups -OCH3 is 2. The highest BCUT2D eigenvalue weighted by Crippen LogP contribution is 2.40. The van der Waals surface area contributed by atoms with Crippen LogP contribution < -0.4 is 10.5 Å². The molecule has 2 aromatic rings. The molecule has 0 aliphatic heterocycles. The molecule has 0 saturated carbocycles. The van der Waals surface area contributed by atoms with Gasteiger partial charge in [0, 0.05) is 16.7 Å². The van der Waals surface area contributed by atoms with Crippen molar-refractivity contribution < 1.29 is 14.3 Å². The lowest BCUT2D eigenvalue weighted by molar-refractivity contribution is -0.139. The minimum absolute atomic E-state index is 0.230. The third-order valence-corrected chi connectivity index (χ3v) is 4.15. The van der Waals surface area contributed by atoms with E-state index in [-0.39, 0.29) is 17.8 Å². The lowest BCUT2D eigenvalue weighted by Gasteiger charge is -2.29. The molecule has 2 aromatic carbocycles. The van der Waals surface area contributed by atoms with Crippen LogP contribution in [0.2, 0.25) is 0 Å². The lowest BCUT2D eigenvalue weighted by atomic mass is 9.76. The highest BCUT2D eigenvalue weighted by molar-refractivity contribution is 5.72. The zero-order chi connectivity index (χ0) is 17.0. The average molecular weight is 313 g/mol. The van der Waals surface area contributed by atoms with Gasteiger partial charge in [-0.05, 0) is 23.3 Å². The summed E-state index contributed by atoms with van der Waals surface area (Å²) in [5.74, 6) is 0.505. The molecule has 0 heterocycles. The normalized spacial score (nSPS) is 11.1. The van der Waals surface area contributed by atoms with E-state index in [1.54, 1.807) is 7.11 Å². The van der Waals surface area contributed by atoms with Gasteiger partial charge >= 0.3 is 5.97 Å². The lowest BCUT2D eigenvalue weighted by Crippen LogP contribution is -2.22. The fraction of sp³-hybridized carbons (Fsp3) is 0.316. The van der Waals surface area contributed by atoms with Crippen LogP contribution in [0.1, 0.15) is 30.5 Å². The first-order valence-electron chi connectivity index (χ1n) is 7.49. The van der Waals surface area contributed by atoms with Gasteiger partial charge in [0.2, 0.25) is 0 Å². The highest BCUT2D eigenvalue weighted by atomic mass is 16.5. The molecule has 0 unspecified atom stereocenters. The van der Waals surface area contributed by atoms with Crippen LogP contribution in [-0.4, -0.2) is 20.2 Å². The number of ether oxygens (including phenoxy) is 2. The second kappa shape index (κ2) is 6.73. The second-order valence-electron chi connectivity index (χ2n) is 6.00. The van der Waals surface area contributed by atoms with E-state index in [4.69, 9.17) is 15.2 Å². The predicted molar refractivity (Wildman–Crippen MR) is 91.7 cm³/mol. The highest BCUT2D eigenvalue weighted by Gasteiger charge is 2.28. The van der Waals surface area contributed by atoms with Gasteiger partial charge in [-0.2, -0.15) is 0 Å². The number of carbonyl (C=O) groups is 1. The number of nitrogen functional groups attached to an aromatic ring is 1. The van der Waals surface area contributed by atoms with Crippen LogP contribution in [0.4, 0.5) is 5.69 Å². The van der Waals surface area contributed by atoms with Gasteiger partial charge in [0.05, 0.1) is 20.6 Å². The molecule has 0 aromatic heterocycles. The number of anilines is 1. The second-order valence-corrected chi connectivity index (χ2v) is 6.00. The molecular weight excluding hydrogens is 290 g/mol. The standard InChI is InChI=1S/C19H23NO3/c1-19(2,14-7-5-6-8-16(14)20)15-11-13(12-18(21)23-4)9-10-17(15)22-3/h5-11H,12,20H2,1-4H3. The molecular formula is C19H23NO3. The van der Waals surface area contributed by atoms with Crippen molar-refractivity contribution in [1.82, 2.24) is 0 Å². The SMILES string of the molecule is COC(=O)Cc1ccc(OC)c(C(C)(C)c2ccccc2N)c1. The van der Waals surface area contributed by atoms with Crippen molar-refractivity contribution in [2.75, 3.05) is 20.0 Å². The fourth-order valence-corrected chi connectivity index (χ4v) is 2.80. The van der Waals surface area contributed by atoms with Gasteiger partial charge in [-0.15, -0.1) is 0 Å². The molecule has 0 atom stereocenters. The molecule has 0 radical (unpaired) electrons. The predicted octanol–water partition coefficient (Wildman–Crippen LogP) is 3.32. The number of benzene rings is 2. The van der Waals surface area contributed by atoms with Crippen molar-refractivity contribution >= 4 is 11.7 Å². The Morgan fingerprint density at radius 2 is 1.78 bits per heavy atom. The maximum Gasteiger partial charge on any atom is 0.309 e. The summed E-state index contributed by atoms with van der Waals surface area (Å²) in [6.07, 6.45) is 0.230. The summed E-state index contributed by atoms with van der Waals surface area (Å²) in [5, 5.41) is 0. The summed E-state index contributed by atoms with van der Waals surface area (Å²) in [5.41, 5.74) is 9.43. The number of hydrogen-bond acceptors (Lipinski definition) is 4. The molecule has 4 nitrogen and oxygen atoms in total. The maximum absolute atomic E-state index is 11.5. The summed E-state index contributed by atoms with van der Waals surface area (Å²) in [6.45, 7) is 4.19. The van der Waals surface area contributed by atoms with Gasteiger partial charge in [-0.1, -0.05) is 44.2 Å². The Labute approximate surface area is 137 Å². The Morgan fingerprint density at radius 3 is 2.39 bits per heavy atom. The van der Waals surface area contributed by atoms with Crippen molar-refractivity contribution in [3.63, 3.8) is 0 Å². The minimum Gasteiger partial charge on any atom is -0.496 e. The van der Waals surface area contributed by atoms with Crippen LogP contribution in [0.5, 0.6) is 5.75 Å². The van der Waals surface area contributed by atoms with Crippen molar-refractivity contribution in [2.45, 2.75) is 25.7 Å². The smallest absolute Gasteiger partial charge is 0.309 e. The number of nitrogens with two attached hydrogens (primary N) is 1. The van der Waals surface area contributed by atoms with E-state index in [1.165, 1.54) is 7.11 Å². The number of rotatable bonds is 5. The molecule has 2 rings (SSSR count). The number of esters is 1. The molecule has 0 spiro atoms. The Kier molecular flexibility index (Phi) is 4.94. The molecule has 0 saturated heterocycles. The van der Waals surface area contributed by atoms with Crippen LogP contribution in [0, 0.1) is 0 Å². The number of carbonyl (C=O) groups excluding carboxylic acids is 1. The summed E-state index contributed by atoms with van der Waals surface area (Å²) in [4.78, 5) is 11.5. The van der Waals surface area contributed by atoms with Gasteiger partial charge in [0.1, 0.15) is 5.75 Å². The molecule has 23 heavy (non-hydrogen) atoms. The summed E-state index contributed by atoms with van der Waals surface area (Å²) in [7, 11) is 3.03. The van der Waals surface area contributed by atoms with Crippen molar-refractivity contribution in [3.05, 3.63) is 59.2 Å². The molecule has 0 amide bonds. The Morgan fingerprint density at radius 1 is 1.09 bits per heavy atom. The van der Waals surface area contributed by atoms with Gasteiger partial charge in [-0.3, -0.25) is 4.79 Å². The molecule has 122 valence electrons. The first kappa shape index (κ1) is 16.9. The van der Waals surface area contributed by atoms with E-state index in [0.717, 1.165) is 28.1 Å². The number of hydrogen-bond donors (Lipinski definition) is 1.